The Morgan fingerprint density at radius 1 is 1.42 bits per heavy atom. The molecule has 0 heterocycles. The molecule has 1 aliphatic carbocycles. The molecule has 2 rings (SSSR count). The van der Waals surface area contributed by atoms with E-state index in [-0.39, 0.29) is 11.5 Å². The minimum absolute atomic E-state index is 0.271. The molecular weight excluding hydrogens is 153 g/mol. The van der Waals surface area contributed by atoms with Crippen LogP contribution in [-0.4, -0.2) is 0 Å². The average Bonchev–Trinajstić information content (AvgIpc) is 2.81. The summed E-state index contributed by atoms with van der Waals surface area (Å²) >= 11 is 0. The molecule has 1 aromatic rings. The quantitative estimate of drug-likeness (QED) is 0.669. The van der Waals surface area contributed by atoms with Crippen molar-refractivity contribution in [2.45, 2.75) is 19.3 Å². The molecule has 1 aliphatic rings. The summed E-state index contributed by atoms with van der Waals surface area (Å²) in [5.41, 5.74) is 6.88. The summed E-state index contributed by atoms with van der Waals surface area (Å²) in [5, 5.41) is 0. The first-order valence-corrected chi connectivity index (χ1v) is 4.29. The van der Waals surface area contributed by atoms with E-state index in [9.17, 15) is 4.39 Å². The Morgan fingerprint density at radius 3 is 2.75 bits per heavy atom. The molecule has 0 atom stereocenters. The van der Waals surface area contributed by atoms with Crippen LogP contribution in [-0.2, 0) is 6.42 Å². The Hall–Kier alpha value is -1.05. The van der Waals surface area contributed by atoms with Crippen molar-refractivity contribution in [3.8, 4) is 0 Å². The van der Waals surface area contributed by atoms with Crippen molar-refractivity contribution in [1.82, 2.24) is 0 Å². The van der Waals surface area contributed by atoms with E-state index >= 15 is 0 Å². The van der Waals surface area contributed by atoms with E-state index in [0.29, 0.717) is 0 Å². The van der Waals surface area contributed by atoms with Gasteiger partial charge in [-0.15, -0.1) is 0 Å². The molecule has 0 bridgehead atoms. The van der Waals surface area contributed by atoms with Crippen LogP contribution in [0.25, 0.3) is 0 Å². The summed E-state index contributed by atoms with van der Waals surface area (Å²) in [6.45, 7) is 0. The predicted octanol–water partition coefficient (Wildman–Crippen LogP) is 2.36. The van der Waals surface area contributed by atoms with Crippen molar-refractivity contribution in [3.63, 3.8) is 0 Å². The third-order valence-electron chi connectivity index (χ3n) is 2.28. The highest BCUT2D eigenvalue weighted by atomic mass is 19.1. The third kappa shape index (κ3) is 1.58. The van der Waals surface area contributed by atoms with Crippen LogP contribution >= 0.6 is 0 Å². The number of benzene rings is 1. The van der Waals surface area contributed by atoms with Gasteiger partial charge in [0.25, 0.3) is 0 Å². The van der Waals surface area contributed by atoms with Crippen LogP contribution in [0, 0.1) is 11.7 Å². The number of halogens is 1. The second-order valence-electron chi connectivity index (χ2n) is 3.50. The van der Waals surface area contributed by atoms with Gasteiger partial charge in [-0.1, -0.05) is 6.07 Å². The molecule has 12 heavy (non-hydrogen) atoms. The lowest BCUT2D eigenvalue weighted by Gasteiger charge is -2.01. The Labute approximate surface area is 71.4 Å². The maximum Gasteiger partial charge on any atom is 0.146 e. The molecule has 0 amide bonds. The zero-order chi connectivity index (χ0) is 8.55. The minimum Gasteiger partial charge on any atom is -0.396 e. The van der Waals surface area contributed by atoms with Crippen LogP contribution < -0.4 is 5.73 Å². The molecule has 2 heteroatoms. The summed E-state index contributed by atoms with van der Waals surface area (Å²) in [7, 11) is 0. The van der Waals surface area contributed by atoms with Gasteiger partial charge in [0.15, 0.2) is 0 Å². The van der Waals surface area contributed by atoms with Gasteiger partial charge in [0.1, 0.15) is 5.82 Å². The number of rotatable bonds is 2. The molecule has 0 aliphatic heterocycles. The van der Waals surface area contributed by atoms with Crippen LogP contribution in [0.15, 0.2) is 18.2 Å². The first-order valence-electron chi connectivity index (χ1n) is 4.29. The lowest BCUT2D eigenvalue weighted by atomic mass is 10.1. The summed E-state index contributed by atoms with van der Waals surface area (Å²) in [6.07, 6.45) is 3.69. The van der Waals surface area contributed by atoms with Gasteiger partial charge in [0, 0.05) is 0 Å². The Kier molecular flexibility index (Phi) is 1.75. The van der Waals surface area contributed by atoms with Gasteiger partial charge in [0.05, 0.1) is 5.69 Å². The van der Waals surface area contributed by atoms with E-state index in [1.807, 2.05) is 6.07 Å². The van der Waals surface area contributed by atoms with Gasteiger partial charge in [-0.05, 0) is 42.9 Å². The van der Waals surface area contributed by atoms with Gasteiger partial charge in [-0.25, -0.2) is 4.39 Å². The molecule has 0 radical (unpaired) electrons. The molecule has 1 fully saturated rings. The molecule has 0 aromatic heterocycles. The molecule has 64 valence electrons. The van der Waals surface area contributed by atoms with Crippen molar-refractivity contribution in [3.05, 3.63) is 29.6 Å². The van der Waals surface area contributed by atoms with Crippen LogP contribution in [0.2, 0.25) is 0 Å². The zero-order valence-electron chi connectivity index (χ0n) is 6.89. The summed E-state index contributed by atoms with van der Waals surface area (Å²) < 4.78 is 12.7. The highest BCUT2D eigenvalue weighted by molar-refractivity contribution is 5.42. The molecule has 0 saturated heterocycles. The maximum absolute atomic E-state index is 12.7. The van der Waals surface area contributed by atoms with Crippen LogP contribution in [0.3, 0.4) is 0 Å². The van der Waals surface area contributed by atoms with E-state index in [2.05, 4.69) is 0 Å². The Balaban J connectivity index is 2.15. The molecule has 2 N–H and O–H groups in total. The monoisotopic (exact) mass is 165 g/mol. The van der Waals surface area contributed by atoms with E-state index in [1.165, 1.54) is 18.9 Å². The van der Waals surface area contributed by atoms with Gasteiger partial charge >= 0.3 is 0 Å². The second-order valence-corrected chi connectivity index (χ2v) is 3.50. The Morgan fingerprint density at radius 2 is 2.17 bits per heavy atom. The maximum atomic E-state index is 12.7. The number of hydrogen-bond donors (Lipinski definition) is 1. The first kappa shape index (κ1) is 7.59. The molecule has 1 nitrogen and oxygen atoms in total. The highest BCUT2D eigenvalue weighted by Gasteiger charge is 2.21. The second kappa shape index (κ2) is 2.77. The van der Waals surface area contributed by atoms with E-state index in [4.69, 9.17) is 5.73 Å². The van der Waals surface area contributed by atoms with Crippen molar-refractivity contribution in [2.75, 3.05) is 5.73 Å². The molecular formula is C10H12FN. The molecule has 0 unspecified atom stereocenters. The minimum atomic E-state index is -0.311. The lowest BCUT2D eigenvalue weighted by molar-refractivity contribution is 0.631. The lowest BCUT2D eigenvalue weighted by Crippen LogP contribution is -1.93. The Bertz CT molecular complexity index is 292. The largest absolute Gasteiger partial charge is 0.396 e. The van der Waals surface area contributed by atoms with Gasteiger partial charge in [-0.3, -0.25) is 0 Å². The van der Waals surface area contributed by atoms with Gasteiger partial charge in [0.2, 0.25) is 0 Å². The zero-order valence-corrected chi connectivity index (χ0v) is 6.89. The number of anilines is 1. The van der Waals surface area contributed by atoms with Crippen LogP contribution in [0.5, 0.6) is 0 Å². The molecule has 0 spiro atoms. The van der Waals surface area contributed by atoms with E-state index in [0.717, 1.165) is 17.9 Å². The van der Waals surface area contributed by atoms with Gasteiger partial charge in [-0.2, -0.15) is 0 Å². The molecule has 1 aromatic carbocycles. The summed E-state index contributed by atoms with van der Waals surface area (Å²) in [5.74, 6) is 0.518. The summed E-state index contributed by atoms with van der Waals surface area (Å²) in [4.78, 5) is 0. The van der Waals surface area contributed by atoms with Crippen LogP contribution in [0.1, 0.15) is 18.4 Å². The normalized spacial score (nSPS) is 16.4. The number of nitrogens with two attached hydrogens (primary N) is 1. The first-order chi connectivity index (χ1) is 5.75. The molecule has 1 saturated carbocycles. The van der Waals surface area contributed by atoms with Crippen molar-refractivity contribution < 1.29 is 4.39 Å². The number of nitrogen functional groups attached to an aromatic ring is 1. The SMILES string of the molecule is Nc1cc(CC2CC2)ccc1F. The average molecular weight is 165 g/mol. The van der Waals surface area contributed by atoms with E-state index < -0.39 is 0 Å². The predicted molar refractivity (Wildman–Crippen MR) is 47.2 cm³/mol. The van der Waals surface area contributed by atoms with Crippen molar-refractivity contribution in [2.24, 2.45) is 5.92 Å². The third-order valence-corrected chi connectivity index (χ3v) is 2.28. The fourth-order valence-electron chi connectivity index (χ4n) is 1.38. The highest BCUT2D eigenvalue weighted by Crippen LogP contribution is 2.32. The summed E-state index contributed by atoms with van der Waals surface area (Å²) in [6, 6.07) is 5.02. The smallest absolute Gasteiger partial charge is 0.146 e. The van der Waals surface area contributed by atoms with E-state index in [1.54, 1.807) is 6.07 Å². The van der Waals surface area contributed by atoms with Crippen molar-refractivity contribution >= 4 is 5.69 Å². The van der Waals surface area contributed by atoms with Crippen LogP contribution in [0.4, 0.5) is 10.1 Å². The number of hydrogen-bond acceptors (Lipinski definition) is 1. The van der Waals surface area contributed by atoms with Gasteiger partial charge < -0.3 is 5.73 Å². The van der Waals surface area contributed by atoms with Crippen molar-refractivity contribution in [1.29, 1.82) is 0 Å². The standard InChI is InChI=1S/C10H12FN/c11-9-4-3-8(6-10(9)12)5-7-1-2-7/h3-4,6-7H,1-2,5,12H2. The fourth-order valence-corrected chi connectivity index (χ4v) is 1.38. The fraction of sp³-hybridized carbons (Fsp3) is 0.400. The topological polar surface area (TPSA) is 26.0 Å².